The number of hydrogen-bond donors (Lipinski definition) is 2. The van der Waals surface area contributed by atoms with Gasteiger partial charge in [0, 0.05) is 6.54 Å². The smallest absolute Gasteiger partial charge is 0.325 e. The van der Waals surface area contributed by atoms with E-state index in [0.717, 1.165) is 11.1 Å². The van der Waals surface area contributed by atoms with Crippen LogP contribution >= 0.6 is 0 Å². The van der Waals surface area contributed by atoms with Gasteiger partial charge in [0.15, 0.2) is 6.10 Å². The first-order valence-electron chi connectivity index (χ1n) is 8.57. The number of aryl methyl sites for hydroxylation is 2. The molecule has 26 heavy (non-hydrogen) atoms. The lowest BCUT2D eigenvalue weighted by atomic mass is 10.1. The summed E-state index contributed by atoms with van der Waals surface area (Å²) in [7, 11) is -3.91. The van der Waals surface area contributed by atoms with Gasteiger partial charge >= 0.3 is 5.97 Å². The monoisotopic (exact) mass is 384 g/mol. The third-order valence-corrected chi connectivity index (χ3v) is 5.44. The molecule has 0 aromatic heterocycles. The van der Waals surface area contributed by atoms with Crippen LogP contribution in [0.15, 0.2) is 23.1 Å². The summed E-state index contributed by atoms with van der Waals surface area (Å²) in [5, 5.41) is 2.55. The van der Waals surface area contributed by atoms with E-state index in [0.29, 0.717) is 6.54 Å². The van der Waals surface area contributed by atoms with E-state index in [9.17, 15) is 18.0 Å². The highest BCUT2D eigenvalue weighted by Gasteiger charge is 2.31. The molecule has 0 saturated heterocycles. The maximum absolute atomic E-state index is 12.6. The molecule has 0 aliphatic carbocycles. The van der Waals surface area contributed by atoms with Gasteiger partial charge in [-0.05, 0) is 56.9 Å². The number of benzene rings is 1. The van der Waals surface area contributed by atoms with Crippen LogP contribution in [-0.2, 0) is 24.3 Å². The fraction of sp³-hybridized carbons (Fsp3) is 0.556. The van der Waals surface area contributed by atoms with Crippen molar-refractivity contribution in [1.82, 2.24) is 10.0 Å². The van der Waals surface area contributed by atoms with Gasteiger partial charge in [0.25, 0.3) is 5.91 Å². The van der Waals surface area contributed by atoms with Gasteiger partial charge < -0.3 is 10.1 Å². The van der Waals surface area contributed by atoms with Gasteiger partial charge in [0.2, 0.25) is 10.0 Å². The molecule has 146 valence electrons. The van der Waals surface area contributed by atoms with Crippen LogP contribution in [-0.4, -0.2) is 39.0 Å². The van der Waals surface area contributed by atoms with E-state index in [1.54, 1.807) is 32.9 Å². The van der Waals surface area contributed by atoms with Crippen LogP contribution in [0.5, 0.6) is 0 Å². The Morgan fingerprint density at radius 3 is 2.23 bits per heavy atom. The second-order valence-electron chi connectivity index (χ2n) is 6.56. The number of ether oxygens (including phenoxy) is 1. The molecule has 1 aromatic carbocycles. The van der Waals surface area contributed by atoms with E-state index in [1.807, 2.05) is 13.8 Å². The number of amides is 1. The Morgan fingerprint density at radius 2 is 1.73 bits per heavy atom. The van der Waals surface area contributed by atoms with Crippen molar-refractivity contribution in [1.29, 1.82) is 0 Å². The van der Waals surface area contributed by atoms with Crippen molar-refractivity contribution in [3.8, 4) is 0 Å². The summed E-state index contributed by atoms with van der Waals surface area (Å²) in [6.45, 7) is 10.7. The van der Waals surface area contributed by atoms with Crippen molar-refractivity contribution < 1.29 is 22.7 Å². The summed E-state index contributed by atoms with van der Waals surface area (Å²) in [5.41, 5.74) is 1.81. The molecule has 1 aromatic rings. The van der Waals surface area contributed by atoms with Crippen molar-refractivity contribution in [2.24, 2.45) is 5.92 Å². The summed E-state index contributed by atoms with van der Waals surface area (Å²) in [6, 6.07) is 3.66. The normalized spacial score (nSPS) is 14.0. The van der Waals surface area contributed by atoms with E-state index in [-0.39, 0.29) is 10.8 Å². The number of hydrogen-bond acceptors (Lipinski definition) is 5. The van der Waals surface area contributed by atoms with Crippen LogP contribution in [0.4, 0.5) is 0 Å². The lowest BCUT2D eigenvalue weighted by molar-refractivity contribution is -0.157. The average molecular weight is 384 g/mol. The molecule has 1 amide bonds. The minimum atomic E-state index is -3.91. The molecule has 0 aliphatic rings. The number of esters is 1. The first-order valence-corrected chi connectivity index (χ1v) is 10.1. The van der Waals surface area contributed by atoms with Crippen molar-refractivity contribution >= 4 is 21.9 Å². The van der Waals surface area contributed by atoms with Crippen LogP contribution in [0.3, 0.4) is 0 Å². The lowest BCUT2D eigenvalue weighted by Gasteiger charge is -2.23. The zero-order valence-corrected chi connectivity index (χ0v) is 16.9. The number of sulfonamides is 1. The van der Waals surface area contributed by atoms with E-state index >= 15 is 0 Å². The van der Waals surface area contributed by atoms with Crippen molar-refractivity contribution in [3.63, 3.8) is 0 Å². The highest BCUT2D eigenvalue weighted by atomic mass is 32.2. The molecule has 0 saturated carbocycles. The summed E-state index contributed by atoms with van der Waals surface area (Å²) in [6.07, 6.45) is -1.00. The molecule has 0 radical (unpaired) electrons. The van der Waals surface area contributed by atoms with E-state index < -0.39 is 34.0 Å². The van der Waals surface area contributed by atoms with Crippen LogP contribution in [0.1, 0.15) is 38.8 Å². The zero-order valence-electron chi connectivity index (χ0n) is 16.1. The second kappa shape index (κ2) is 9.14. The van der Waals surface area contributed by atoms with Crippen molar-refractivity contribution in [2.45, 2.75) is 58.6 Å². The topological polar surface area (TPSA) is 102 Å². The molecule has 1 rings (SSSR count). The third kappa shape index (κ3) is 5.81. The summed E-state index contributed by atoms with van der Waals surface area (Å²) in [5.74, 6) is -1.57. The maximum Gasteiger partial charge on any atom is 0.325 e. The van der Waals surface area contributed by atoms with Gasteiger partial charge in [0.1, 0.15) is 6.04 Å². The minimum absolute atomic E-state index is 0.0795. The Bertz CT molecular complexity index is 759. The Balaban J connectivity index is 2.97. The van der Waals surface area contributed by atoms with Gasteiger partial charge in [-0.3, -0.25) is 9.59 Å². The predicted molar refractivity (Wildman–Crippen MR) is 99.1 cm³/mol. The standard InChI is InChI=1S/C18H28N2O5S/c1-7-19-17(21)14(6)25-18(22)16(11(2)3)20-26(23,24)15-9-8-12(4)13(5)10-15/h8-11,14,16,20H,7H2,1-6H3,(H,19,21)/t14-,16-/m0/s1. The van der Waals surface area contributed by atoms with E-state index in [2.05, 4.69) is 10.0 Å². The molecule has 7 nitrogen and oxygen atoms in total. The zero-order chi connectivity index (χ0) is 20.1. The lowest BCUT2D eigenvalue weighted by Crippen LogP contribution is -2.47. The van der Waals surface area contributed by atoms with Crippen LogP contribution in [0.25, 0.3) is 0 Å². The molecule has 0 bridgehead atoms. The highest BCUT2D eigenvalue weighted by molar-refractivity contribution is 7.89. The average Bonchev–Trinajstić information content (AvgIpc) is 2.54. The van der Waals surface area contributed by atoms with E-state index in [1.165, 1.54) is 13.0 Å². The maximum atomic E-state index is 12.6. The molecular formula is C18H28N2O5S. The summed E-state index contributed by atoms with van der Waals surface area (Å²) in [4.78, 5) is 24.2. The molecule has 0 heterocycles. The van der Waals surface area contributed by atoms with Gasteiger partial charge in [-0.1, -0.05) is 19.9 Å². The SMILES string of the molecule is CCNC(=O)[C@H](C)OC(=O)[C@@H](NS(=O)(=O)c1ccc(C)c(C)c1)C(C)C. The molecule has 0 fully saturated rings. The molecule has 0 spiro atoms. The molecular weight excluding hydrogens is 356 g/mol. The van der Waals surface area contributed by atoms with Crippen LogP contribution < -0.4 is 10.0 Å². The van der Waals surface area contributed by atoms with Gasteiger partial charge in [0.05, 0.1) is 4.90 Å². The molecule has 8 heteroatoms. The van der Waals surface area contributed by atoms with Crippen molar-refractivity contribution in [3.05, 3.63) is 29.3 Å². The molecule has 2 N–H and O–H groups in total. The quantitative estimate of drug-likeness (QED) is 0.664. The summed E-state index contributed by atoms with van der Waals surface area (Å²) < 4.78 is 32.8. The second-order valence-corrected chi connectivity index (χ2v) is 8.28. The Labute approximate surface area is 155 Å². The molecule has 2 atom stereocenters. The largest absolute Gasteiger partial charge is 0.451 e. The van der Waals surface area contributed by atoms with Gasteiger partial charge in [-0.15, -0.1) is 0 Å². The van der Waals surface area contributed by atoms with Crippen LogP contribution in [0, 0.1) is 19.8 Å². The Kier molecular flexibility index (Phi) is 7.77. The first-order chi connectivity index (χ1) is 12.0. The fourth-order valence-corrected chi connectivity index (χ4v) is 3.61. The minimum Gasteiger partial charge on any atom is -0.451 e. The third-order valence-electron chi connectivity index (χ3n) is 4.00. The van der Waals surface area contributed by atoms with Crippen molar-refractivity contribution in [2.75, 3.05) is 6.54 Å². The molecule has 0 aliphatic heterocycles. The van der Waals surface area contributed by atoms with Gasteiger partial charge in [-0.25, -0.2) is 8.42 Å². The summed E-state index contributed by atoms with van der Waals surface area (Å²) >= 11 is 0. The first kappa shape index (κ1) is 22.1. The van der Waals surface area contributed by atoms with Crippen LogP contribution in [0.2, 0.25) is 0 Å². The number of nitrogens with one attached hydrogen (secondary N) is 2. The number of carbonyl (C=O) groups is 2. The number of likely N-dealkylation sites (N-methyl/N-ethyl adjacent to an activating group) is 1. The Hall–Kier alpha value is -1.93. The predicted octanol–water partition coefficient (Wildman–Crippen LogP) is 1.67. The fourth-order valence-electron chi connectivity index (χ4n) is 2.19. The Morgan fingerprint density at radius 1 is 1.12 bits per heavy atom. The molecule has 0 unspecified atom stereocenters. The number of rotatable bonds is 8. The van der Waals surface area contributed by atoms with E-state index in [4.69, 9.17) is 4.74 Å². The highest BCUT2D eigenvalue weighted by Crippen LogP contribution is 2.17. The number of carbonyl (C=O) groups excluding carboxylic acids is 2. The van der Waals surface area contributed by atoms with Gasteiger partial charge in [-0.2, -0.15) is 4.72 Å².